The third-order valence-corrected chi connectivity index (χ3v) is 8.22. The maximum atomic E-state index is 13.2. The molecule has 1 N–H and O–H groups in total. The van der Waals surface area contributed by atoms with Gasteiger partial charge in [0.2, 0.25) is 11.9 Å². The first kappa shape index (κ1) is 27.7. The average Bonchev–Trinajstić information content (AvgIpc) is 3.18. The second-order valence-corrected chi connectivity index (χ2v) is 11.2. The molecule has 2 heterocycles. The summed E-state index contributed by atoms with van der Waals surface area (Å²) in [6.45, 7) is 0.517. The van der Waals surface area contributed by atoms with E-state index < -0.39 is 22.5 Å². The average molecular weight is 556 g/mol. The smallest absolute Gasteiger partial charge is 0.497 e. The van der Waals surface area contributed by atoms with Crippen LogP contribution in [0.15, 0.2) is 42.5 Å². The van der Waals surface area contributed by atoms with Gasteiger partial charge in [-0.25, -0.2) is 4.98 Å². The molecule has 14 heteroatoms. The lowest BCUT2D eigenvalue weighted by atomic mass is 9.97. The van der Waals surface area contributed by atoms with Crippen LogP contribution in [0.25, 0.3) is 11.0 Å². The normalized spacial score (nSPS) is 15.7. The number of hydrogen-bond donors (Lipinski definition) is 1. The van der Waals surface area contributed by atoms with Gasteiger partial charge >= 0.3 is 6.36 Å². The highest BCUT2D eigenvalue weighted by atomic mass is 32.2. The Morgan fingerprint density at radius 3 is 2.47 bits per heavy atom. The number of amides is 1. The number of carbonyl (C=O) groups is 1. The van der Waals surface area contributed by atoms with Crippen LogP contribution in [0.3, 0.4) is 0 Å². The molecule has 0 radical (unpaired) electrons. The molecular formula is C24H28F3N5O5S. The van der Waals surface area contributed by atoms with Crippen LogP contribution in [0.5, 0.6) is 11.5 Å². The molecule has 0 unspecified atom stereocenters. The zero-order valence-corrected chi connectivity index (χ0v) is 21.8. The first-order chi connectivity index (χ1) is 17.9. The predicted molar refractivity (Wildman–Crippen MR) is 134 cm³/mol. The Balaban J connectivity index is 1.58. The van der Waals surface area contributed by atoms with Gasteiger partial charge in [-0.05, 0) is 42.7 Å². The predicted octanol–water partition coefficient (Wildman–Crippen LogP) is 3.45. The fourth-order valence-electron chi connectivity index (χ4n) is 4.31. The van der Waals surface area contributed by atoms with Crippen molar-refractivity contribution in [2.24, 2.45) is 5.92 Å². The maximum Gasteiger partial charge on any atom is 0.573 e. The highest BCUT2D eigenvalue weighted by Crippen LogP contribution is 2.29. The summed E-state index contributed by atoms with van der Waals surface area (Å²) in [5.41, 5.74) is 1.66. The molecular weight excluding hydrogens is 527 g/mol. The van der Waals surface area contributed by atoms with E-state index in [-0.39, 0.29) is 37.2 Å². The number of imidazole rings is 1. The minimum absolute atomic E-state index is 0.104. The summed E-state index contributed by atoms with van der Waals surface area (Å²) in [5.74, 6) is -0.343. The van der Waals surface area contributed by atoms with Gasteiger partial charge < -0.3 is 14.0 Å². The Kier molecular flexibility index (Phi) is 7.85. The molecule has 0 bridgehead atoms. The summed E-state index contributed by atoms with van der Waals surface area (Å²) in [4.78, 5) is 17.7. The Morgan fingerprint density at radius 1 is 1.13 bits per heavy atom. The van der Waals surface area contributed by atoms with Gasteiger partial charge in [0.1, 0.15) is 11.5 Å². The molecule has 0 aliphatic carbocycles. The summed E-state index contributed by atoms with van der Waals surface area (Å²) >= 11 is 0. The van der Waals surface area contributed by atoms with Crippen LogP contribution in [0.1, 0.15) is 18.4 Å². The lowest BCUT2D eigenvalue weighted by Crippen LogP contribution is -2.46. The van der Waals surface area contributed by atoms with Gasteiger partial charge in [0, 0.05) is 39.2 Å². The third-order valence-electron chi connectivity index (χ3n) is 6.28. The lowest BCUT2D eigenvalue weighted by Gasteiger charge is -2.32. The lowest BCUT2D eigenvalue weighted by molar-refractivity contribution is -0.274. The van der Waals surface area contributed by atoms with Gasteiger partial charge in [-0.3, -0.25) is 10.1 Å². The van der Waals surface area contributed by atoms with Crippen LogP contribution >= 0.6 is 0 Å². The van der Waals surface area contributed by atoms with Crippen LogP contribution in [-0.4, -0.2) is 73.1 Å². The number of fused-ring (bicyclic) bond motifs is 1. The summed E-state index contributed by atoms with van der Waals surface area (Å²) < 4.78 is 76.4. The molecule has 3 aromatic rings. The number of alkyl halides is 3. The van der Waals surface area contributed by atoms with Crippen molar-refractivity contribution in [1.29, 1.82) is 0 Å². The van der Waals surface area contributed by atoms with Crippen molar-refractivity contribution in [2.45, 2.75) is 25.7 Å². The van der Waals surface area contributed by atoms with Crippen LogP contribution in [0.4, 0.5) is 19.1 Å². The van der Waals surface area contributed by atoms with Crippen molar-refractivity contribution in [3.8, 4) is 11.5 Å². The fourth-order valence-corrected chi connectivity index (χ4v) is 5.44. The molecule has 2 aromatic carbocycles. The number of rotatable bonds is 8. The molecule has 0 saturated carbocycles. The number of anilines is 1. The molecule has 0 atom stereocenters. The van der Waals surface area contributed by atoms with Crippen LogP contribution in [-0.2, 0) is 21.5 Å². The number of benzene rings is 2. The van der Waals surface area contributed by atoms with E-state index in [4.69, 9.17) is 4.74 Å². The van der Waals surface area contributed by atoms with E-state index in [1.807, 2.05) is 0 Å². The summed E-state index contributed by atoms with van der Waals surface area (Å²) in [6.07, 6.45) is -4.15. The Bertz CT molecular complexity index is 1420. The maximum absolute atomic E-state index is 13.2. The number of methoxy groups -OCH3 is 1. The number of piperidine rings is 1. The highest BCUT2D eigenvalue weighted by molar-refractivity contribution is 7.86. The number of ether oxygens (including phenoxy) is 2. The second kappa shape index (κ2) is 10.8. The molecule has 1 aliphatic heterocycles. The van der Waals surface area contributed by atoms with Gasteiger partial charge in [-0.2, -0.15) is 17.0 Å². The topological polar surface area (TPSA) is 106 Å². The van der Waals surface area contributed by atoms with E-state index >= 15 is 0 Å². The molecule has 1 aliphatic rings. The molecule has 1 saturated heterocycles. The molecule has 1 amide bonds. The molecule has 1 fully saturated rings. The standard InChI is InChI=1S/C24H28F3N5O5S/c1-30(2)38(34,35)31-11-9-17(10-12-31)22(33)29-23-28-20-14-18(36-3)7-8-21(20)32(23)15-16-5-4-6-19(13-16)37-24(25,26)27/h4-8,13-14,17H,9-12,15H2,1-3H3,(H,28,29,33). The summed E-state index contributed by atoms with van der Waals surface area (Å²) in [7, 11) is 0.861. The van der Waals surface area contributed by atoms with Crippen molar-refractivity contribution < 1.29 is 35.9 Å². The summed E-state index contributed by atoms with van der Waals surface area (Å²) in [6, 6.07) is 10.7. The molecule has 4 rings (SSSR count). The van der Waals surface area contributed by atoms with E-state index in [2.05, 4.69) is 15.0 Å². The largest absolute Gasteiger partial charge is 0.573 e. The number of hydrogen-bond acceptors (Lipinski definition) is 6. The van der Waals surface area contributed by atoms with Crippen molar-refractivity contribution in [3.63, 3.8) is 0 Å². The third kappa shape index (κ3) is 6.19. The van der Waals surface area contributed by atoms with Gasteiger partial charge in [0.15, 0.2) is 0 Å². The number of nitrogens with one attached hydrogen (secondary N) is 1. The van der Waals surface area contributed by atoms with Crippen molar-refractivity contribution in [2.75, 3.05) is 39.6 Å². The van der Waals surface area contributed by atoms with Crippen LogP contribution in [0, 0.1) is 5.92 Å². The van der Waals surface area contributed by atoms with Gasteiger partial charge in [-0.15, -0.1) is 13.2 Å². The van der Waals surface area contributed by atoms with Gasteiger partial charge in [0.05, 0.1) is 24.7 Å². The highest BCUT2D eigenvalue weighted by Gasteiger charge is 2.33. The molecule has 1 aromatic heterocycles. The molecule has 10 nitrogen and oxygen atoms in total. The number of nitrogens with zero attached hydrogens (tertiary/aromatic N) is 4. The number of halogens is 3. The van der Waals surface area contributed by atoms with Gasteiger partial charge in [-0.1, -0.05) is 12.1 Å². The molecule has 38 heavy (non-hydrogen) atoms. The van der Waals surface area contributed by atoms with E-state index in [0.29, 0.717) is 35.2 Å². The van der Waals surface area contributed by atoms with E-state index in [1.165, 1.54) is 43.7 Å². The Morgan fingerprint density at radius 2 is 1.84 bits per heavy atom. The van der Waals surface area contributed by atoms with Crippen molar-refractivity contribution in [1.82, 2.24) is 18.2 Å². The number of aromatic nitrogens is 2. The quantitative estimate of drug-likeness (QED) is 0.457. The first-order valence-corrected chi connectivity index (χ1v) is 13.1. The van der Waals surface area contributed by atoms with Crippen LogP contribution < -0.4 is 14.8 Å². The van der Waals surface area contributed by atoms with E-state index in [1.54, 1.807) is 28.8 Å². The number of carbonyl (C=O) groups excluding carboxylic acids is 1. The fraction of sp³-hybridized carbons (Fsp3) is 0.417. The summed E-state index contributed by atoms with van der Waals surface area (Å²) in [5, 5.41) is 2.84. The zero-order chi connectivity index (χ0) is 27.7. The zero-order valence-electron chi connectivity index (χ0n) is 21.0. The SMILES string of the molecule is COc1ccc2c(c1)nc(NC(=O)C1CCN(S(=O)(=O)N(C)C)CC1)n2Cc1cccc(OC(F)(F)F)c1. The Hall–Kier alpha value is -3.36. The first-order valence-electron chi connectivity index (χ1n) is 11.7. The second-order valence-electron chi connectivity index (χ2n) is 9.02. The van der Waals surface area contributed by atoms with Crippen molar-refractivity contribution in [3.05, 3.63) is 48.0 Å². The monoisotopic (exact) mass is 555 g/mol. The Labute approximate surface area is 218 Å². The van der Waals surface area contributed by atoms with Crippen LogP contribution in [0.2, 0.25) is 0 Å². The van der Waals surface area contributed by atoms with Crippen molar-refractivity contribution >= 4 is 33.1 Å². The van der Waals surface area contributed by atoms with E-state index in [9.17, 15) is 26.4 Å². The van der Waals surface area contributed by atoms with Gasteiger partial charge in [0.25, 0.3) is 10.2 Å². The molecule has 0 spiro atoms. The molecule has 206 valence electrons. The minimum Gasteiger partial charge on any atom is -0.497 e. The van der Waals surface area contributed by atoms with E-state index in [0.717, 1.165) is 4.31 Å². The minimum atomic E-state index is -4.82.